The van der Waals surface area contributed by atoms with E-state index in [9.17, 15) is 0 Å². The van der Waals surface area contributed by atoms with Gasteiger partial charge in [0.2, 0.25) is 0 Å². The molecule has 0 aromatic rings. The lowest BCUT2D eigenvalue weighted by atomic mass is 9.76. The molecule has 1 N–H and O–H groups in total. The molecular formula is C16H35NO. The maximum Gasteiger partial charge on any atom is 0.0587 e. The van der Waals surface area contributed by atoms with E-state index in [0.717, 1.165) is 25.6 Å². The standard InChI is InChI=1S/C16H35NO/c1-15(2,3)10-8-9-14(16(4,5)6)13-17-11-12-18-7/h14,17H,8-13H2,1-7H3. The summed E-state index contributed by atoms with van der Waals surface area (Å²) >= 11 is 0. The van der Waals surface area contributed by atoms with Crippen LogP contribution in [-0.2, 0) is 4.74 Å². The van der Waals surface area contributed by atoms with Crippen LogP contribution in [0, 0.1) is 16.7 Å². The molecule has 0 aromatic carbocycles. The molecule has 0 aliphatic carbocycles. The number of hydrogen-bond acceptors (Lipinski definition) is 2. The van der Waals surface area contributed by atoms with E-state index in [-0.39, 0.29) is 0 Å². The van der Waals surface area contributed by atoms with Gasteiger partial charge in [0.1, 0.15) is 0 Å². The van der Waals surface area contributed by atoms with Gasteiger partial charge in [0.05, 0.1) is 6.61 Å². The second-order valence-corrected chi connectivity index (χ2v) is 7.71. The predicted octanol–water partition coefficient (Wildman–Crippen LogP) is 4.10. The van der Waals surface area contributed by atoms with Crippen molar-refractivity contribution in [1.29, 1.82) is 0 Å². The van der Waals surface area contributed by atoms with Crippen molar-refractivity contribution in [2.45, 2.75) is 60.8 Å². The minimum Gasteiger partial charge on any atom is -0.383 e. The molecule has 0 heterocycles. The summed E-state index contributed by atoms with van der Waals surface area (Å²) in [5, 5.41) is 3.52. The molecule has 0 radical (unpaired) electrons. The summed E-state index contributed by atoms with van der Waals surface area (Å²) in [5.41, 5.74) is 0.851. The van der Waals surface area contributed by atoms with E-state index < -0.39 is 0 Å². The van der Waals surface area contributed by atoms with Crippen LogP contribution in [0.5, 0.6) is 0 Å². The Labute approximate surface area is 115 Å². The second kappa shape index (κ2) is 8.16. The average Bonchev–Trinajstić information content (AvgIpc) is 2.18. The van der Waals surface area contributed by atoms with E-state index in [0.29, 0.717) is 10.8 Å². The highest BCUT2D eigenvalue weighted by atomic mass is 16.5. The summed E-state index contributed by atoms with van der Waals surface area (Å²) in [6.07, 6.45) is 3.97. The highest BCUT2D eigenvalue weighted by Crippen LogP contribution is 2.31. The Hall–Kier alpha value is -0.0800. The van der Waals surface area contributed by atoms with E-state index in [1.165, 1.54) is 19.3 Å². The number of ether oxygens (including phenoxy) is 1. The number of hydrogen-bond donors (Lipinski definition) is 1. The van der Waals surface area contributed by atoms with E-state index in [2.05, 4.69) is 46.9 Å². The van der Waals surface area contributed by atoms with Crippen molar-refractivity contribution in [2.24, 2.45) is 16.7 Å². The molecule has 1 unspecified atom stereocenters. The van der Waals surface area contributed by atoms with E-state index in [4.69, 9.17) is 4.74 Å². The first-order chi connectivity index (χ1) is 8.17. The maximum atomic E-state index is 5.07. The highest BCUT2D eigenvalue weighted by molar-refractivity contribution is 4.77. The molecule has 110 valence electrons. The van der Waals surface area contributed by atoms with Gasteiger partial charge in [-0.15, -0.1) is 0 Å². The van der Waals surface area contributed by atoms with Crippen LogP contribution in [0.25, 0.3) is 0 Å². The van der Waals surface area contributed by atoms with Crippen molar-refractivity contribution >= 4 is 0 Å². The Morgan fingerprint density at radius 1 is 1.06 bits per heavy atom. The first-order valence-corrected chi connectivity index (χ1v) is 7.36. The highest BCUT2D eigenvalue weighted by Gasteiger charge is 2.24. The zero-order chi connectivity index (χ0) is 14.2. The van der Waals surface area contributed by atoms with Crippen molar-refractivity contribution in [1.82, 2.24) is 5.32 Å². The van der Waals surface area contributed by atoms with E-state index in [1.807, 2.05) is 0 Å². The van der Waals surface area contributed by atoms with Crippen LogP contribution in [0.2, 0.25) is 0 Å². The van der Waals surface area contributed by atoms with Gasteiger partial charge < -0.3 is 10.1 Å². The monoisotopic (exact) mass is 257 g/mol. The van der Waals surface area contributed by atoms with Gasteiger partial charge in [-0.25, -0.2) is 0 Å². The molecule has 0 aliphatic heterocycles. The Balaban J connectivity index is 4.01. The van der Waals surface area contributed by atoms with Gasteiger partial charge in [-0.05, 0) is 36.1 Å². The van der Waals surface area contributed by atoms with Crippen LogP contribution < -0.4 is 5.32 Å². The largest absolute Gasteiger partial charge is 0.383 e. The molecule has 1 atom stereocenters. The smallest absolute Gasteiger partial charge is 0.0587 e. The maximum absolute atomic E-state index is 5.07. The Morgan fingerprint density at radius 3 is 2.11 bits per heavy atom. The summed E-state index contributed by atoms with van der Waals surface area (Å²) < 4.78 is 5.07. The van der Waals surface area contributed by atoms with Gasteiger partial charge in [0, 0.05) is 13.7 Å². The summed E-state index contributed by atoms with van der Waals surface area (Å²) in [7, 11) is 1.76. The van der Waals surface area contributed by atoms with Crippen molar-refractivity contribution in [3.8, 4) is 0 Å². The van der Waals surface area contributed by atoms with Crippen LogP contribution in [0.4, 0.5) is 0 Å². The minimum absolute atomic E-state index is 0.387. The van der Waals surface area contributed by atoms with Crippen LogP contribution in [0.1, 0.15) is 60.8 Å². The van der Waals surface area contributed by atoms with Crippen LogP contribution in [0.15, 0.2) is 0 Å². The first-order valence-electron chi connectivity index (χ1n) is 7.36. The van der Waals surface area contributed by atoms with E-state index in [1.54, 1.807) is 7.11 Å². The fourth-order valence-corrected chi connectivity index (χ4v) is 2.17. The van der Waals surface area contributed by atoms with Crippen molar-refractivity contribution in [3.63, 3.8) is 0 Å². The number of rotatable bonds is 8. The molecule has 2 nitrogen and oxygen atoms in total. The summed E-state index contributed by atoms with van der Waals surface area (Å²) in [6.45, 7) is 16.9. The lowest BCUT2D eigenvalue weighted by Gasteiger charge is -2.32. The summed E-state index contributed by atoms with van der Waals surface area (Å²) in [4.78, 5) is 0. The van der Waals surface area contributed by atoms with Crippen LogP contribution >= 0.6 is 0 Å². The molecule has 2 heteroatoms. The molecule has 0 amide bonds. The molecular weight excluding hydrogens is 222 g/mol. The Kier molecular flexibility index (Phi) is 8.13. The van der Waals surface area contributed by atoms with Gasteiger partial charge in [-0.1, -0.05) is 48.0 Å². The molecule has 0 aliphatic rings. The predicted molar refractivity (Wildman–Crippen MR) is 81.0 cm³/mol. The van der Waals surface area contributed by atoms with Crippen LogP contribution in [-0.4, -0.2) is 26.8 Å². The van der Waals surface area contributed by atoms with Crippen molar-refractivity contribution in [2.75, 3.05) is 26.8 Å². The number of nitrogens with one attached hydrogen (secondary N) is 1. The molecule has 18 heavy (non-hydrogen) atoms. The van der Waals surface area contributed by atoms with Gasteiger partial charge in [0.25, 0.3) is 0 Å². The normalized spacial score (nSPS) is 14.8. The Morgan fingerprint density at radius 2 is 1.67 bits per heavy atom. The van der Waals surface area contributed by atoms with Gasteiger partial charge in [-0.2, -0.15) is 0 Å². The molecule has 0 aromatic heterocycles. The zero-order valence-corrected chi connectivity index (χ0v) is 13.7. The zero-order valence-electron chi connectivity index (χ0n) is 13.7. The third kappa shape index (κ3) is 9.90. The fourth-order valence-electron chi connectivity index (χ4n) is 2.17. The SMILES string of the molecule is COCCNCC(CCCC(C)(C)C)C(C)(C)C. The van der Waals surface area contributed by atoms with E-state index >= 15 is 0 Å². The summed E-state index contributed by atoms with van der Waals surface area (Å²) in [6, 6.07) is 0. The second-order valence-electron chi connectivity index (χ2n) is 7.71. The topological polar surface area (TPSA) is 21.3 Å². The molecule has 0 spiro atoms. The molecule has 0 saturated carbocycles. The number of methoxy groups -OCH3 is 1. The van der Waals surface area contributed by atoms with Gasteiger partial charge in [0.15, 0.2) is 0 Å². The quantitative estimate of drug-likeness (QED) is 0.661. The fraction of sp³-hybridized carbons (Fsp3) is 1.00. The van der Waals surface area contributed by atoms with Crippen LogP contribution in [0.3, 0.4) is 0 Å². The Bertz CT molecular complexity index is 200. The van der Waals surface area contributed by atoms with Gasteiger partial charge >= 0.3 is 0 Å². The first kappa shape index (κ1) is 17.9. The molecule has 0 bridgehead atoms. The molecule has 0 rings (SSSR count). The lowest BCUT2D eigenvalue weighted by Crippen LogP contribution is -2.33. The lowest BCUT2D eigenvalue weighted by molar-refractivity contribution is 0.179. The third-order valence-corrected chi connectivity index (χ3v) is 3.58. The van der Waals surface area contributed by atoms with Gasteiger partial charge in [-0.3, -0.25) is 0 Å². The molecule has 0 saturated heterocycles. The molecule has 0 fully saturated rings. The van der Waals surface area contributed by atoms with Crippen molar-refractivity contribution < 1.29 is 4.74 Å². The average molecular weight is 257 g/mol. The minimum atomic E-state index is 0.387. The van der Waals surface area contributed by atoms with Crippen molar-refractivity contribution in [3.05, 3.63) is 0 Å². The summed E-state index contributed by atoms with van der Waals surface area (Å²) in [5.74, 6) is 0.747. The third-order valence-electron chi connectivity index (χ3n) is 3.58.